The molecular formula is C15H20N2O6S. The molecule has 0 unspecified atom stereocenters. The van der Waals surface area contributed by atoms with Crippen molar-refractivity contribution in [1.29, 1.82) is 0 Å². The lowest BCUT2D eigenvalue weighted by molar-refractivity contribution is -0.132. The summed E-state index contributed by atoms with van der Waals surface area (Å²) in [5.41, 5.74) is 4.62. The van der Waals surface area contributed by atoms with Crippen molar-refractivity contribution in [3.8, 4) is 0 Å². The number of ether oxygens (including phenoxy) is 2. The molecule has 1 heterocycles. The summed E-state index contributed by atoms with van der Waals surface area (Å²) in [5, 5.41) is 0. The predicted octanol–water partition coefficient (Wildman–Crippen LogP) is 0.0336. The van der Waals surface area contributed by atoms with Gasteiger partial charge in [0.1, 0.15) is 0 Å². The van der Waals surface area contributed by atoms with Crippen molar-refractivity contribution >= 4 is 21.9 Å². The van der Waals surface area contributed by atoms with Crippen molar-refractivity contribution < 1.29 is 27.5 Å². The van der Waals surface area contributed by atoms with Gasteiger partial charge in [0.05, 0.1) is 23.0 Å². The van der Waals surface area contributed by atoms with E-state index in [4.69, 9.17) is 10.5 Å². The van der Waals surface area contributed by atoms with Gasteiger partial charge in [0.25, 0.3) is 0 Å². The summed E-state index contributed by atoms with van der Waals surface area (Å²) in [6.07, 6.45) is 0.708. The summed E-state index contributed by atoms with van der Waals surface area (Å²) in [6, 6.07) is 5.47. The molecule has 1 aliphatic rings. The van der Waals surface area contributed by atoms with Crippen molar-refractivity contribution in [2.24, 2.45) is 11.1 Å². The van der Waals surface area contributed by atoms with Crippen LogP contribution in [0.25, 0.3) is 0 Å². The highest BCUT2D eigenvalue weighted by Crippen LogP contribution is 2.30. The van der Waals surface area contributed by atoms with Gasteiger partial charge in [-0.2, -0.15) is 0 Å². The van der Waals surface area contributed by atoms with Crippen LogP contribution in [0.15, 0.2) is 29.2 Å². The van der Waals surface area contributed by atoms with Crippen LogP contribution in [0.1, 0.15) is 23.2 Å². The maximum atomic E-state index is 12.5. The Bertz CT molecular complexity index is 725. The van der Waals surface area contributed by atoms with Crippen molar-refractivity contribution in [1.82, 2.24) is 4.72 Å². The zero-order valence-electron chi connectivity index (χ0n) is 13.3. The molecule has 0 spiro atoms. The molecule has 1 aromatic rings. The summed E-state index contributed by atoms with van der Waals surface area (Å²) < 4.78 is 37.1. The van der Waals surface area contributed by atoms with E-state index >= 15 is 0 Å². The molecule has 8 nitrogen and oxygen atoms in total. The molecule has 0 aliphatic carbocycles. The standard InChI is InChI=1S/C15H20N2O6S/c1-22-13(18)11-3-2-4-12(9-11)24(20,21)17-10-15(14(16)19)5-7-23-8-6-15/h2-4,9,17H,5-8,10H2,1H3,(H2,16,19). The van der Waals surface area contributed by atoms with E-state index in [2.05, 4.69) is 9.46 Å². The van der Waals surface area contributed by atoms with Crippen LogP contribution in [0.2, 0.25) is 0 Å². The zero-order valence-corrected chi connectivity index (χ0v) is 14.1. The monoisotopic (exact) mass is 356 g/mol. The average Bonchev–Trinajstić information content (AvgIpc) is 2.60. The highest BCUT2D eigenvalue weighted by atomic mass is 32.2. The molecular weight excluding hydrogens is 336 g/mol. The number of primary amides is 1. The Labute approximate surface area is 140 Å². The van der Waals surface area contributed by atoms with E-state index in [1.165, 1.54) is 31.4 Å². The second-order valence-electron chi connectivity index (χ2n) is 5.60. The predicted molar refractivity (Wildman–Crippen MR) is 84.7 cm³/mol. The number of carbonyl (C=O) groups is 2. The van der Waals surface area contributed by atoms with Crippen molar-refractivity contribution in [3.05, 3.63) is 29.8 Å². The van der Waals surface area contributed by atoms with Gasteiger partial charge < -0.3 is 15.2 Å². The molecule has 2 rings (SSSR count). The normalized spacial score (nSPS) is 17.2. The molecule has 0 bridgehead atoms. The van der Waals surface area contributed by atoms with Crippen LogP contribution in [-0.2, 0) is 24.3 Å². The highest BCUT2D eigenvalue weighted by Gasteiger charge is 2.39. The first-order chi connectivity index (χ1) is 11.3. The van der Waals surface area contributed by atoms with Crippen LogP contribution in [0.3, 0.4) is 0 Å². The summed E-state index contributed by atoms with van der Waals surface area (Å²) >= 11 is 0. The van der Waals surface area contributed by atoms with Crippen LogP contribution in [0.4, 0.5) is 0 Å². The Morgan fingerprint density at radius 1 is 1.33 bits per heavy atom. The second kappa shape index (κ2) is 7.29. The Hall–Kier alpha value is -1.97. The topological polar surface area (TPSA) is 125 Å². The van der Waals surface area contributed by atoms with E-state index < -0.39 is 27.3 Å². The second-order valence-corrected chi connectivity index (χ2v) is 7.37. The molecule has 0 radical (unpaired) electrons. The molecule has 1 aliphatic heterocycles. The number of rotatable bonds is 6. The summed E-state index contributed by atoms with van der Waals surface area (Å²) in [4.78, 5) is 23.2. The van der Waals surface area contributed by atoms with Gasteiger partial charge in [-0.25, -0.2) is 17.9 Å². The molecule has 1 fully saturated rings. The molecule has 0 atom stereocenters. The minimum absolute atomic E-state index is 0.0860. The van der Waals surface area contributed by atoms with Crippen LogP contribution < -0.4 is 10.5 Å². The molecule has 0 aromatic heterocycles. The largest absolute Gasteiger partial charge is 0.465 e. The first kappa shape index (κ1) is 18.4. The molecule has 1 aromatic carbocycles. The van der Waals surface area contributed by atoms with Crippen molar-refractivity contribution in [3.63, 3.8) is 0 Å². The molecule has 3 N–H and O–H groups in total. The van der Waals surface area contributed by atoms with Gasteiger partial charge >= 0.3 is 5.97 Å². The third kappa shape index (κ3) is 3.92. The van der Waals surface area contributed by atoms with E-state index in [1.54, 1.807) is 0 Å². The van der Waals surface area contributed by atoms with Crippen LogP contribution >= 0.6 is 0 Å². The van der Waals surface area contributed by atoms with Gasteiger partial charge in [-0.3, -0.25) is 4.79 Å². The third-order valence-corrected chi connectivity index (χ3v) is 5.54. The Kier molecular flexibility index (Phi) is 5.58. The van der Waals surface area contributed by atoms with Gasteiger partial charge in [-0.1, -0.05) is 6.07 Å². The first-order valence-corrected chi connectivity index (χ1v) is 8.85. The maximum absolute atomic E-state index is 12.5. The number of hydrogen-bond acceptors (Lipinski definition) is 6. The molecule has 1 amide bonds. The zero-order chi connectivity index (χ0) is 17.8. The molecule has 132 valence electrons. The van der Waals surface area contributed by atoms with Gasteiger partial charge in [-0.15, -0.1) is 0 Å². The number of esters is 1. The number of hydrogen-bond donors (Lipinski definition) is 2. The van der Waals surface area contributed by atoms with Crippen LogP contribution in [0.5, 0.6) is 0 Å². The molecule has 0 saturated carbocycles. The maximum Gasteiger partial charge on any atom is 0.337 e. The fourth-order valence-corrected chi connectivity index (χ4v) is 3.67. The number of benzene rings is 1. The van der Waals surface area contributed by atoms with Gasteiger partial charge in [0.15, 0.2) is 0 Å². The average molecular weight is 356 g/mol. The lowest BCUT2D eigenvalue weighted by Gasteiger charge is -2.34. The van der Waals surface area contributed by atoms with E-state index in [9.17, 15) is 18.0 Å². The summed E-state index contributed by atoms with van der Waals surface area (Å²) in [6.45, 7) is 0.585. The number of nitrogens with one attached hydrogen (secondary N) is 1. The number of amides is 1. The minimum Gasteiger partial charge on any atom is -0.465 e. The van der Waals surface area contributed by atoms with Crippen molar-refractivity contribution in [2.45, 2.75) is 17.7 Å². The fraction of sp³-hybridized carbons (Fsp3) is 0.467. The summed E-state index contributed by atoms with van der Waals surface area (Å²) in [5.74, 6) is -1.19. The van der Waals surface area contributed by atoms with Crippen LogP contribution in [-0.4, -0.2) is 47.2 Å². The number of methoxy groups -OCH3 is 1. The Morgan fingerprint density at radius 2 is 2.00 bits per heavy atom. The van der Waals surface area contributed by atoms with Gasteiger partial charge in [0.2, 0.25) is 15.9 Å². The van der Waals surface area contributed by atoms with Crippen molar-refractivity contribution in [2.75, 3.05) is 26.9 Å². The Balaban J connectivity index is 2.19. The smallest absolute Gasteiger partial charge is 0.337 e. The third-order valence-electron chi connectivity index (χ3n) is 4.14. The molecule has 24 heavy (non-hydrogen) atoms. The number of carbonyl (C=O) groups excluding carboxylic acids is 2. The van der Waals surface area contributed by atoms with E-state index in [0.717, 1.165) is 0 Å². The van der Waals surface area contributed by atoms with E-state index in [1.807, 2.05) is 0 Å². The lowest BCUT2D eigenvalue weighted by atomic mass is 9.80. The van der Waals surface area contributed by atoms with Gasteiger partial charge in [-0.05, 0) is 31.0 Å². The lowest BCUT2D eigenvalue weighted by Crippen LogP contribution is -2.49. The van der Waals surface area contributed by atoms with Gasteiger partial charge in [0, 0.05) is 19.8 Å². The first-order valence-electron chi connectivity index (χ1n) is 7.36. The molecule has 1 saturated heterocycles. The number of sulfonamides is 1. The SMILES string of the molecule is COC(=O)c1cccc(S(=O)(=O)NCC2(C(N)=O)CCOCC2)c1. The van der Waals surface area contributed by atoms with Crippen LogP contribution in [0, 0.1) is 5.41 Å². The minimum atomic E-state index is -3.90. The molecule has 9 heteroatoms. The number of nitrogens with two attached hydrogens (primary N) is 1. The van der Waals surface area contributed by atoms with E-state index in [-0.39, 0.29) is 17.0 Å². The Morgan fingerprint density at radius 3 is 2.58 bits per heavy atom. The van der Waals surface area contributed by atoms with E-state index in [0.29, 0.717) is 26.1 Å². The highest BCUT2D eigenvalue weighted by molar-refractivity contribution is 7.89. The fourth-order valence-electron chi connectivity index (χ4n) is 2.50. The summed E-state index contributed by atoms with van der Waals surface area (Å²) in [7, 11) is -2.69. The quantitative estimate of drug-likeness (QED) is 0.693.